The maximum absolute atomic E-state index is 13.8. The first-order chi connectivity index (χ1) is 22.9. The lowest BCUT2D eigenvalue weighted by Crippen LogP contribution is -2.61. The largest absolute Gasteiger partial charge is 0.378 e. The highest BCUT2D eigenvalue weighted by Gasteiger charge is 2.62. The highest BCUT2D eigenvalue weighted by Crippen LogP contribution is 2.65. The van der Waals surface area contributed by atoms with E-state index in [9.17, 15) is 14.4 Å². The third-order valence-electron chi connectivity index (χ3n) is 11.0. The molecule has 1 heterocycles. The Bertz CT molecular complexity index is 1550. The van der Waals surface area contributed by atoms with Gasteiger partial charge in [-0.2, -0.15) is 0 Å². The first-order valence-electron chi connectivity index (χ1n) is 17.3. The molecule has 3 aromatic carbocycles. The van der Waals surface area contributed by atoms with Crippen molar-refractivity contribution in [3.63, 3.8) is 0 Å². The fourth-order valence-electron chi connectivity index (χ4n) is 9.04. The summed E-state index contributed by atoms with van der Waals surface area (Å²) in [6, 6.07) is 25.7. The van der Waals surface area contributed by atoms with Crippen molar-refractivity contribution in [1.82, 2.24) is 10.6 Å². The second-order valence-electron chi connectivity index (χ2n) is 14.3. The van der Waals surface area contributed by atoms with Gasteiger partial charge in [0.2, 0.25) is 11.8 Å². The van der Waals surface area contributed by atoms with Crippen LogP contribution in [-0.2, 0) is 27.3 Å². The van der Waals surface area contributed by atoms with Gasteiger partial charge >= 0.3 is 0 Å². The topological polar surface area (TPSA) is 99.8 Å². The monoisotopic (exact) mass is 634 g/mol. The number of morpholine rings is 1. The van der Waals surface area contributed by atoms with Gasteiger partial charge in [0.1, 0.15) is 0 Å². The fraction of sp³-hybridized carbons (Fsp3) is 0.462. The number of hydrogen-bond acceptors (Lipinski definition) is 5. The van der Waals surface area contributed by atoms with Gasteiger partial charge in [0, 0.05) is 43.1 Å². The van der Waals surface area contributed by atoms with Gasteiger partial charge in [-0.1, -0.05) is 42.5 Å². The molecule has 4 saturated carbocycles. The standard InChI is InChI=1S/C39H46N4O4/c44-35(42-33-12-14-34(15-13-33)43-17-19-47-20-18-43)32-10-8-29(9-11-32)26-41-37(46)39-24-30-21-31(25-39)23-38(22-30,27-39)36(45)40-16-4-7-28-5-2-1-3-6-28/h1-3,5-6,8-15,30-31H,4,7,16-27H2,(H,40,45)(H,41,46)(H,42,44). The molecule has 3 amide bonds. The summed E-state index contributed by atoms with van der Waals surface area (Å²) in [6.45, 7) is 4.27. The van der Waals surface area contributed by atoms with Crippen LogP contribution in [0.15, 0.2) is 78.9 Å². The third kappa shape index (κ3) is 6.93. The molecule has 246 valence electrons. The lowest BCUT2D eigenvalue weighted by Gasteiger charge is -2.60. The van der Waals surface area contributed by atoms with Gasteiger partial charge in [-0.15, -0.1) is 0 Å². The minimum Gasteiger partial charge on any atom is -0.378 e. The van der Waals surface area contributed by atoms with Crippen LogP contribution in [-0.4, -0.2) is 50.6 Å². The molecule has 3 N–H and O–H groups in total. The molecule has 8 heteroatoms. The number of hydrogen-bond donors (Lipinski definition) is 3. The van der Waals surface area contributed by atoms with E-state index < -0.39 is 10.8 Å². The van der Waals surface area contributed by atoms with E-state index in [4.69, 9.17) is 4.74 Å². The Kier molecular flexibility index (Phi) is 9.04. The zero-order valence-electron chi connectivity index (χ0n) is 27.1. The van der Waals surface area contributed by atoms with Crippen LogP contribution < -0.4 is 20.9 Å². The molecule has 2 atom stereocenters. The normalized spacial score (nSPS) is 26.1. The highest BCUT2D eigenvalue weighted by molar-refractivity contribution is 6.04. The van der Waals surface area contributed by atoms with Crippen LogP contribution in [0.2, 0.25) is 0 Å². The van der Waals surface area contributed by atoms with E-state index in [-0.39, 0.29) is 17.7 Å². The van der Waals surface area contributed by atoms with Crippen LogP contribution >= 0.6 is 0 Å². The molecular formula is C39H46N4O4. The minimum atomic E-state index is -0.470. The molecule has 1 aliphatic heterocycles. The minimum absolute atomic E-state index is 0.0789. The number of ether oxygens (including phenoxy) is 1. The second-order valence-corrected chi connectivity index (χ2v) is 14.3. The highest BCUT2D eigenvalue weighted by atomic mass is 16.5. The Morgan fingerprint density at radius 1 is 0.745 bits per heavy atom. The van der Waals surface area contributed by atoms with Crippen molar-refractivity contribution in [1.29, 1.82) is 0 Å². The SMILES string of the molecule is O=C(Nc1ccc(N2CCOCC2)cc1)c1ccc(CNC(=O)C23CC4CC(CC(C(=O)NCCCc5ccccc5)(C4)C2)C3)cc1. The van der Waals surface area contributed by atoms with E-state index in [1.165, 1.54) is 5.56 Å². The lowest BCUT2D eigenvalue weighted by atomic mass is 9.43. The van der Waals surface area contributed by atoms with E-state index in [1.54, 1.807) is 12.1 Å². The molecule has 5 aliphatic rings. The van der Waals surface area contributed by atoms with Crippen LogP contribution in [0, 0.1) is 22.7 Å². The molecule has 8 nitrogen and oxygen atoms in total. The van der Waals surface area contributed by atoms with Crippen LogP contribution in [0.3, 0.4) is 0 Å². The molecule has 0 aromatic heterocycles. The predicted octanol–water partition coefficient (Wildman–Crippen LogP) is 5.73. The zero-order chi connectivity index (χ0) is 32.3. The first-order valence-corrected chi connectivity index (χ1v) is 17.3. The summed E-state index contributed by atoms with van der Waals surface area (Å²) in [7, 11) is 0. The van der Waals surface area contributed by atoms with E-state index in [0.29, 0.717) is 36.9 Å². The van der Waals surface area contributed by atoms with E-state index >= 15 is 0 Å². The molecule has 0 spiro atoms. The molecular weight excluding hydrogens is 588 g/mol. The van der Waals surface area contributed by atoms with Gasteiger partial charge in [-0.3, -0.25) is 14.4 Å². The molecule has 4 aliphatic carbocycles. The molecule has 4 bridgehead atoms. The fourth-order valence-corrected chi connectivity index (χ4v) is 9.04. The molecule has 3 aromatic rings. The quantitative estimate of drug-likeness (QED) is 0.234. The summed E-state index contributed by atoms with van der Waals surface area (Å²) in [6.07, 6.45) is 7.22. The number of nitrogens with one attached hydrogen (secondary N) is 3. The van der Waals surface area contributed by atoms with Gasteiger partial charge in [0.05, 0.1) is 24.0 Å². The van der Waals surface area contributed by atoms with Crippen LogP contribution in [0.5, 0.6) is 0 Å². The number of benzene rings is 3. The van der Waals surface area contributed by atoms with Crippen LogP contribution in [0.1, 0.15) is 66.4 Å². The summed E-state index contributed by atoms with van der Waals surface area (Å²) in [5.74, 6) is 0.932. The third-order valence-corrected chi connectivity index (χ3v) is 11.0. The maximum Gasteiger partial charge on any atom is 0.255 e. The second kappa shape index (κ2) is 13.5. The predicted molar refractivity (Wildman–Crippen MR) is 183 cm³/mol. The average Bonchev–Trinajstić information content (AvgIpc) is 3.10. The van der Waals surface area contributed by atoms with Gasteiger partial charge in [-0.25, -0.2) is 0 Å². The smallest absolute Gasteiger partial charge is 0.255 e. The van der Waals surface area contributed by atoms with Crippen molar-refractivity contribution in [3.05, 3.63) is 95.6 Å². The number of rotatable bonds is 11. The van der Waals surface area contributed by atoms with Gasteiger partial charge in [0.25, 0.3) is 5.91 Å². The lowest BCUT2D eigenvalue weighted by molar-refractivity contribution is -0.167. The van der Waals surface area contributed by atoms with E-state index in [1.807, 2.05) is 42.5 Å². The summed E-state index contributed by atoms with van der Waals surface area (Å²) in [4.78, 5) is 42.7. The number of anilines is 2. The zero-order valence-corrected chi connectivity index (χ0v) is 27.1. The summed E-state index contributed by atoms with van der Waals surface area (Å²) < 4.78 is 5.43. The number of carbonyl (C=O) groups excluding carboxylic acids is 3. The average molecular weight is 635 g/mol. The Balaban J connectivity index is 0.913. The van der Waals surface area contributed by atoms with Crippen molar-refractivity contribution in [2.45, 2.75) is 57.9 Å². The van der Waals surface area contributed by atoms with Gasteiger partial charge in [-0.05, 0) is 111 Å². The van der Waals surface area contributed by atoms with Crippen molar-refractivity contribution >= 4 is 29.1 Å². The van der Waals surface area contributed by atoms with Crippen molar-refractivity contribution in [2.75, 3.05) is 43.1 Å². The number of amides is 3. The van der Waals surface area contributed by atoms with Gasteiger partial charge < -0.3 is 25.6 Å². The molecule has 2 unspecified atom stereocenters. The van der Waals surface area contributed by atoms with Gasteiger partial charge in [0.15, 0.2) is 0 Å². The van der Waals surface area contributed by atoms with Crippen molar-refractivity contribution in [3.8, 4) is 0 Å². The van der Waals surface area contributed by atoms with E-state index in [2.05, 4.69) is 45.1 Å². The maximum atomic E-state index is 13.8. The summed E-state index contributed by atoms with van der Waals surface area (Å²) >= 11 is 0. The Morgan fingerprint density at radius 2 is 1.38 bits per heavy atom. The molecule has 47 heavy (non-hydrogen) atoms. The Hall–Kier alpha value is -4.17. The molecule has 1 saturated heterocycles. The van der Waals surface area contributed by atoms with Crippen LogP contribution in [0.25, 0.3) is 0 Å². The number of aryl methyl sites for hydroxylation is 1. The Morgan fingerprint density at radius 3 is 2.04 bits per heavy atom. The molecule has 0 radical (unpaired) electrons. The molecule has 5 fully saturated rings. The van der Waals surface area contributed by atoms with Crippen molar-refractivity contribution in [2.24, 2.45) is 22.7 Å². The first kappa shape index (κ1) is 31.4. The number of carbonyl (C=O) groups is 3. The summed E-state index contributed by atoms with van der Waals surface area (Å²) in [5, 5.41) is 9.46. The van der Waals surface area contributed by atoms with Crippen LogP contribution in [0.4, 0.5) is 11.4 Å². The van der Waals surface area contributed by atoms with E-state index in [0.717, 1.165) is 88.2 Å². The van der Waals surface area contributed by atoms with Crippen molar-refractivity contribution < 1.29 is 19.1 Å². The molecule has 8 rings (SSSR count). The summed E-state index contributed by atoms with van der Waals surface area (Å²) in [5.41, 5.74) is 3.78. The number of nitrogens with zero attached hydrogens (tertiary/aromatic N) is 1. The Labute approximate surface area is 277 Å².